The fraction of sp³-hybridized carbons (Fsp3) is 0.279. The van der Waals surface area contributed by atoms with Gasteiger partial charge in [0.2, 0.25) is 11.9 Å². The second-order valence-electron chi connectivity index (χ2n) is 20.2. The van der Waals surface area contributed by atoms with Crippen LogP contribution < -0.4 is 31.9 Å². The summed E-state index contributed by atoms with van der Waals surface area (Å²) in [6, 6.07) is 33.7. The average molecular weight is 1140 g/mol. The molecule has 0 radical (unpaired) electrons. The number of carbonyl (C=O) groups excluding carboxylic acids is 3. The molecule has 3 amide bonds. The minimum Gasteiger partial charge on any atom is -0.483 e. The lowest BCUT2D eigenvalue weighted by Gasteiger charge is -2.32. The van der Waals surface area contributed by atoms with E-state index in [1.54, 1.807) is 53.6 Å². The molecule has 3 aromatic carbocycles. The monoisotopic (exact) mass is 1130 g/mol. The number of hydrogen-bond donors (Lipinski definition) is 6. The largest absolute Gasteiger partial charge is 0.483 e. The summed E-state index contributed by atoms with van der Waals surface area (Å²) in [6.45, 7) is 9.83. The number of hydrogen-bond acceptors (Lipinski definition) is 16. The van der Waals surface area contributed by atoms with Crippen molar-refractivity contribution in [2.75, 3.05) is 60.5 Å². The molecule has 0 bridgehead atoms. The lowest BCUT2D eigenvalue weighted by Crippen LogP contribution is -2.42. The maximum atomic E-state index is 13.5. The number of amides is 3. The van der Waals surface area contributed by atoms with Crippen LogP contribution in [0.25, 0.3) is 33.8 Å². The number of benzene rings is 3. The lowest BCUT2D eigenvalue weighted by molar-refractivity contribution is -0.125. The number of piperidine rings is 2. The molecule has 0 spiro atoms. The summed E-state index contributed by atoms with van der Waals surface area (Å²) in [4.78, 5) is 75.6. The van der Waals surface area contributed by atoms with E-state index in [0.29, 0.717) is 102 Å². The van der Waals surface area contributed by atoms with E-state index in [4.69, 9.17) is 32.2 Å². The zero-order valence-corrected chi connectivity index (χ0v) is 46.8. The van der Waals surface area contributed by atoms with Gasteiger partial charge in [0, 0.05) is 74.4 Å². The van der Waals surface area contributed by atoms with Crippen molar-refractivity contribution in [3.8, 4) is 39.8 Å². The van der Waals surface area contributed by atoms with E-state index in [0.717, 1.165) is 64.5 Å². The Labute approximate surface area is 485 Å². The van der Waals surface area contributed by atoms with E-state index in [9.17, 15) is 19.6 Å². The van der Waals surface area contributed by atoms with Crippen molar-refractivity contribution in [3.63, 3.8) is 0 Å². The van der Waals surface area contributed by atoms with Crippen LogP contribution in [0.3, 0.4) is 0 Å². The Hall–Kier alpha value is -9.49. The topological polar surface area (TPSA) is 288 Å². The highest BCUT2D eigenvalue weighted by Gasteiger charge is 2.26. The zero-order chi connectivity index (χ0) is 58.2. The standard InChI is InChI=1S/C60H61ClN16O3.CH2O2/c1-38-43(31-62)10-6-13-46(38)52-30-53(72-60(63)71-52)54-37-77(74-73-54)36-44-11-7-17-55(68-44)76-28-22-42(23-29-76)57(78)65-25-24-64-32-40-18-20-50(66-33-40)58(79)69-48-15-8-12-45(39(48)2)47-14-9-16-49(56(47)61)70-59(80)51-21-19-41(34-67-51)35-75-26-4-3-5-27-75;2-1-3/h6-21,30,33-34,37,42,64H,3-5,22-29,32,35-36H2,1-2H3,(H,65,78)(H,69,79)(H,70,80)(H2,63,71,72);1H,(H,2,3). The molecule has 5 aromatic heterocycles. The molecule has 2 saturated heterocycles. The van der Waals surface area contributed by atoms with Crippen LogP contribution in [-0.2, 0) is 29.2 Å². The van der Waals surface area contributed by atoms with Gasteiger partial charge >= 0.3 is 0 Å². The van der Waals surface area contributed by atoms with Gasteiger partial charge in [-0.3, -0.25) is 34.0 Å². The molecule has 2 aliphatic rings. The first-order valence-corrected chi connectivity index (χ1v) is 27.7. The Kier molecular flexibility index (Phi) is 19.5. The number of nitriles is 1. The normalized spacial score (nSPS) is 13.5. The van der Waals surface area contributed by atoms with Crippen molar-refractivity contribution >= 4 is 58.9 Å². The Morgan fingerprint density at radius 2 is 1.39 bits per heavy atom. The van der Waals surface area contributed by atoms with Crippen LogP contribution in [0.4, 0.5) is 23.1 Å². The van der Waals surface area contributed by atoms with Gasteiger partial charge in [0.15, 0.2) is 0 Å². The maximum absolute atomic E-state index is 13.5. The Bertz CT molecular complexity index is 3630. The fourth-order valence-corrected chi connectivity index (χ4v) is 10.4. The first kappa shape index (κ1) is 58.2. The molecular formula is C61H63ClN16O5. The van der Waals surface area contributed by atoms with Crippen LogP contribution in [-0.4, -0.2) is 113 Å². The van der Waals surface area contributed by atoms with E-state index < -0.39 is 0 Å². The zero-order valence-electron chi connectivity index (χ0n) is 46.1. The summed E-state index contributed by atoms with van der Waals surface area (Å²) in [5, 5.41) is 37.8. The quantitative estimate of drug-likeness (QED) is 0.0347. The molecule has 0 saturated carbocycles. The van der Waals surface area contributed by atoms with Gasteiger partial charge in [-0.1, -0.05) is 77.8 Å². The van der Waals surface area contributed by atoms with Crippen molar-refractivity contribution in [2.45, 2.75) is 65.6 Å². The highest BCUT2D eigenvalue weighted by atomic mass is 35.5. The van der Waals surface area contributed by atoms with Crippen LogP contribution in [0.15, 0.2) is 122 Å². The third-order valence-corrected chi connectivity index (χ3v) is 15.0. The number of rotatable bonds is 18. The van der Waals surface area contributed by atoms with Crippen molar-refractivity contribution in [1.82, 2.24) is 55.4 Å². The van der Waals surface area contributed by atoms with E-state index in [2.05, 4.69) is 67.4 Å². The molecule has 7 heterocycles. The van der Waals surface area contributed by atoms with Gasteiger partial charge < -0.3 is 37.0 Å². The van der Waals surface area contributed by atoms with Gasteiger partial charge in [-0.2, -0.15) is 5.26 Å². The third kappa shape index (κ3) is 14.9. The number of aromatic nitrogens is 8. The predicted octanol–water partition coefficient (Wildman–Crippen LogP) is 8.34. The number of nitrogens with one attached hydrogen (secondary N) is 4. The molecule has 0 unspecified atom stereocenters. The van der Waals surface area contributed by atoms with E-state index in [-0.39, 0.29) is 41.8 Å². The molecule has 424 valence electrons. The number of anilines is 4. The molecule has 22 heteroatoms. The van der Waals surface area contributed by atoms with Crippen molar-refractivity contribution in [3.05, 3.63) is 172 Å². The Morgan fingerprint density at radius 1 is 0.735 bits per heavy atom. The van der Waals surface area contributed by atoms with Crippen LogP contribution >= 0.6 is 11.6 Å². The molecule has 83 heavy (non-hydrogen) atoms. The summed E-state index contributed by atoms with van der Waals surface area (Å²) in [5.74, 6) is 0.149. The summed E-state index contributed by atoms with van der Waals surface area (Å²) in [6.07, 6.45) is 10.3. The molecule has 8 aromatic rings. The lowest BCUT2D eigenvalue weighted by atomic mass is 9.96. The number of halogens is 1. The number of pyridine rings is 3. The van der Waals surface area contributed by atoms with Crippen molar-refractivity contribution in [2.24, 2.45) is 5.92 Å². The minimum absolute atomic E-state index is 0.0367. The molecule has 0 aliphatic carbocycles. The van der Waals surface area contributed by atoms with Gasteiger partial charge in [0.05, 0.1) is 52.2 Å². The number of nitrogens with two attached hydrogens (primary N) is 1. The molecular weight excluding hydrogens is 1070 g/mol. The van der Waals surface area contributed by atoms with Crippen LogP contribution in [0.5, 0.6) is 0 Å². The fourth-order valence-electron chi connectivity index (χ4n) is 10.1. The number of carboxylic acid groups (broad SMARTS) is 1. The highest BCUT2D eigenvalue weighted by Crippen LogP contribution is 2.38. The Balaban J connectivity index is 0.00000270. The molecule has 0 atom stereocenters. The van der Waals surface area contributed by atoms with Gasteiger partial charge in [-0.25, -0.2) is 19.6 Å². The molecule has 10 rings (SSSR count). The smallest absolute Gasteiger partial charge is 0.290 e. The summed E-state index contributed by atoms with van der Waals surface area (Å²) in [5.41, 5.74) is 16.6. The van der Waals surface area contributed by atoms with Crippen LogP contribution in [0.2, 0.25) is 5.02 Å². The first-order valence-electron chi connectivity index (χ1n) is 27.3. The highest BCUT2D eigenvalue weighted by molar-refractivity contribution is 6.36. The number of carbonyl (C=O) groups is 4. The summed E-state index contributed by atoms with van der Waals surface area (Å²) in [7, 11) is 0. The SMILES string of the molecule is Cc1c(C#N)cccc1-c1cc(-c2cn(Cc3cccc(N4CCC(C(=O)NCCNCc5ccc(C(=O)Nc6cccc(-c7cccc(NC(=O)c8ccc(CN9CCCCC9)cn8)c7Cl)c6C)nc5)CC4)n3)nn2)nc(N)n1.O=CO. The average Bonchev–Trinajstić information content (AvgIpc) is 4.16. The van der Waals surface area contributed by atoms with Gasteiger partial charge in [-0.05, 0) is 129 Å². The van der Waals surface area contributed by atoms with Crippen molar-refractivity contribution in [1.29, 1.82) is 5.26 Å². The number of likely N-dealkylation sites (tertiary alicyclic amines) is 1. The number of nitrogens with zero attached hydrogens (tertiary/aromatic N) is 11. The predicted molar refractivity (Wildman–Crippen MR) is 317 cm³/mol. The number of nitrogen functional groups attached to an aromatic ring is 1. The Morgan fingerprint density at radius 3 is 2.10 bits per heavy atom. The summed E-state index contributed by atoms with van der Waals surface area (Å²) >= 11 is 6.95. The molecule has 2 aliphatic heterocycles. The third-order valence-electron chi connectivity index (χ3n) is 14.6. The van der Waals surface area contributed by atoms with E-state index in [1.807, 2.05) is 86.6 Å². The maximum Gasteiger partial charge on any atom is 0.290 e. The van der Waals surface area contributed by atoms with Crippen LogP contribution in [0, 0.1) is 31.1 Å². The molecule has 21 nitrogen and oxygen atoms in total. The molecule has 2 fully saturated rings. The van der Waals surface area contributed by atoms with Gasteiger partial charge in [0.25, 0.3) is 18.3 Å². The molecule has 7 N–H and O–H groups in total. The minimum atomic E-state index is -0.360. The van der Waals surface area contributed by atoms with Gasteiger partial charge in [0.1, 0.15) is 22.9 Å². The second-order valence-corrected chi connectivity index (χ2v) is 20.6. The van der Waals surface area contributed by atoms with Crippen molar-refractivity contribution < 1.29 is 24.3 Å². The van der Waals surface area contributed by atoms with Gasteiger partial charge in [-0.15, -0.1) is 5.10 Å². The first-order chi connectivity index (χ1) is 40.4. The van der Waals surface area contributed by atoms with Crippen LogP contribution in [0.1, 0.15) is 86.6 Å². The summed E-state index contributed by atoms with van der Waals surface area (Å²) < 4.78 is 1.70. The second kappa shape index (κ2) is 27.8. The van der Waals surface area contributed by atoms with E-state index >= 15 is 0 Å². The van der Waals surface area contributed by atoms with E-state index in [1.165, 1.54) is 19.3 Å².